The molecule has 0 spiro atoms. The maximum atomic E-state index is 12.3. The number of halogens is 3. The van der Waals surface area contributed by atoms with Crippen LogP contribution in [0.4, 0.5) is 13.2 Å². The number of hydrogen-bond acceptors (Lipinski definition) is 2. The van der Waals surface area contributed by atoms with Crippen molar-refractivity contribution in [1.82, 2.24) is 0 Å². The van der Waals surface area contributed by atoms with E-state index in [9.17, 15) is 13.2 Å². The fourth-order valence-electron chi connectivity index (χ4n) is 0.478. The van der Waals surface area contributed by atoms with E-state index in [1.807, 2.05) is 0 Å². The first-order valence-corrected chi connectivity index (χ1v) is 3.15. The molecule has 0 amide bonds. The molecule has 0 saturated heterocycles. The van der Waals surface area contributed by atoms with E-state index in [0.29, 0.717) is 11.3 Å². The minimum Gasteiger partial charge on any atom is -0.485 e. The Morgan fingerprint density at radius 3 is 2.00 bits per heavy atom. The van der Waals surface area contributed by atoms with E-state index in [4.69, 9.17) is 0 Å². The Kier molecular flexibility index (Phi) is 1.85. The van der Waals surface area contributed by atoms with Crippen molar-refractivity contribution in [3.05, 3.63) is 16.8 Å². The number of rotatable bonds is 1. The van der Waals surface area contributed by atoms with E-state index in [2.05, 4.69) is 4.74 Å². The van der Waals surface area contributed by atoms with E-state index in [1.165, 1.54) is 0 Å². The Hall–Kier alpha value is -0.710. The molecule has 0 N–H and O–H groups in total. The van der Waals surface area contributed by atoms with E-state index in [1.54, 1.807) is 0 Å². The lowest BCUT2D eigenvalue weighted by Gasteiger charge is -1.89. The first-order valence-electron chi connectivity index (χ1n) is 2.34. The zero-order valence-electron chi connectivity index (χ0n) is 4.95. The van der Waals surface area contributed by atoms with Crippen molar-refractivity contribution in [3.8, 4) is 5.06 Å². The van der Waals surface area contributed by atoms with E-state index < -0.39 is 16.8 Å². The molecule has 5 heteroatoms. The molecule has 56 valence electrons. The number of ether oxygens (including phenoxy) is 1. The van der Waals surface area contributed by atoms with Crippen molar-refractivity contribution in [2.45, 2.75) is 0 Å². The van der Waals surface area contributed by atoms with Crippen molar-refractivity contribution in [2.75, 3.05) is 7.11 Å². The molecule has 0 radical (unpaired) electrons. The standard InChI is InChI=1S/C5H3F3OS/c1-9-5-3(7)2(6)4(8)10-5/h1H3. The molecular weight excluding hydrogens is 165 g/mol. The summed E-state index contributed by atoms with van der Waals surface area (Å²) in [6.07, 6.45) is 0. The van der Waals surface area contributed by atoms with Crippen LogP contribution in [-0.4, -0.2) is 7.11 Å². The Bertz CT molecular complexity index is 245. The van der Waals surface area contributed by atoms with Gasteiger partial charge in [-0.25, -0.2) is 0 Å². The molecule has 1 aromatic rings. The molecule has 1 heterocycles. The lowest BCUT2D eigenvalue weighted by molar-refractivity contribution is 0.383. The van der Waals surface area contributed by atoms with Crippen molar-refractivity contribution in [2.24, 2.45) is 0 Å². The van der Waals surface area contributed by atoms with Gasteiger partial charge in [0, 0.05) is 0 Å². The van der Waals surface area contributed by atoms with E-state index >= 15 is 0 Å². The summed E-state index contributed by atoms with van der Waals surface area (Å²) in [5, 5.41) is -1.55. The highest BCUT2D eigenvalue weighted by Gasteiger charge is 2.18. The molecule has 0 bridgehead atoms. The van der Waals surface area contributed by atoms with E-state index in [0.717, 1.165) is 7.11 Å². The minimum absolute atomic E-state index is 0.302. The Labute approximate surface area is 59.0 Å². The second-order valence-electron chi connectivity index (χ2n) is 1.50. The highest BCUT2D eigenvalue weighted by Crippen LogP contribution is 2.30. The molecule has 1 aromatic heterocycles. The summed E-state index contributed by atoms with van der Waals surface area (Å²) in [5.41, 5.74) is 0. The Morgan fingerprint density at radius 2 is 1.80 bits per heavy atom. The lowest BCUT2D eigenvalue weighted by atomic mass is 10.6. The molecule has 1 rings (SSSR count). The van der Waals surface area contributed by atoms with Gasteiger partial charge < -0.3 is 4.74 Å². The van der Waals surface area contributed by atoms with Crippen LogP contribution in [0.3, 0.4) is 0 Å². The number of thiophene rings is 1. The highest BCUT2D eigenvalue weighted by molar-refractivity contribution is 7.12. The molecule has 0 saturated carbocycles. The summed E-state index contributed by atoms with van der Waals surface area (Å²) in [5.74, 6) is -2.73. The summed E-state index contributed by atoms with van der Waals surface area (Å²) in [4.78, 5) is 0. The summed E-state index contributed by atoms with van der Waals surface area (Å²) in [6.45, 7) is 0. The van der Waals surface area contributed by atoms with Crippen LogP contribution in [-0.2, 0) is 0 Å². The van der Waals surface area contributed by atoms with Crippen LogP contribution < -0.4 is 4.74 Å². The maximum Gasteiger partial charge on any atom is 0.218 e. The summed E-state index contributed by atoms with van der Waals surface area (Å²) in [7, 11) is 1.15. The van der Waals surface area contributed by atoms with Crippen LogP contribution in [0, 0.1) is 16.8 Å². The third-order valence-corrected chi connectivity index (χ3v) is 1.80. The number of methoxy groups -OCH3 is 1. The maximum absolute atomic E-state index is 12.3. The van der Waals surface area contributed by atoms with Gasteiger partial charge in [-0.1, -0.05) is 11.3 Å². The zero-order valence-corrected chi connectivity index (χ0v) is 5.77. The normalized spacial score (nSPS) is 10.0. The molecule has 0 aliphatic carbocycles. The molecule has 1 nitrogen and oxygen atoms in total. The van der Waals surface area contributed by atoms with Gasteiger partial charge in [-0.2, -0.15) is 13.2 Å². The van der Waals surface area contributed by atoms with Gasteiger partial charge in [0.1, 0.15) is 0 Å². The summed E-state index contributed by atoms with van der Waals surface area (Å²) < 4.78 is 40.8. The smallest absolute Gasteiger partial charge is 0.218 e. The van der Waals surface area contributed by atoms with Crippen LogP contribution in [0.25, 0.3) is 0 Å². The molecular formula is C5H3F3OS. The molecule has 0 aliphatic rings. The first-order chi connectivity index (χ1) is 4.66. The fraction of sp³-hybridized carbons (Fsp3) is 0.200. The largest absolute Gasteiger partial charge is 0.485 e. The predicted molar refractivity (Wildman–Crippen MR) is 30.7 cm³/mol. The second kappa shape index (κ2) is 2.49. The molecule has 0 fully saturated rings. The van der Waals surface area contributed by atoms with Gasteiger partial charge in [-0.3, -0.25) is 0 Å². The second-order valence-corrected chi connectivity index (χ2v) is 2.43. The van der Waals surface area contributed by atoms with Crippen molar-refractivity contribution in [1.29, 1.82) is 0 Å². The molecule has 0 aromatic carbocycles. The fourth-order valence-corrected chi connectivity index (χ4v) is 1.08. The van der Waals surface area contributed by atoms with Gasteiger partial charge in [-0.15, -0.1) is 0 Å². The van der Waals surface area contributed by atoms with Gasteiger partial charge in [-0.05, 0) is 0 Å². The average molecular weight is 168 g/mol. The first kappa shape index (κ1) is 7.40. The SMILES string of the molecule is COc1sc(F)c(F)c1F. The third kappa shape index (κ3) is 0.965. The van der Waals surface area contributed by atoms with Crippen LogP contribution in [0.1, 0.15) is 0 Å². The van der Waals surface area contributed by atoms with Crippen LogP contribution in [0.15, 0.2) is 0 Å². The van der Waals surface area contributed by atoms with Gasteiger partial charge >= 0.3 is 0 Å². The summed E-state index contributed by atoms with van der Waals surface area (Å²) in [6, 6.07) is 0. The molecule has 10 heavy (non-hydrogen) atoms. The molecule has 0 aliphatic heterocycles. The monoisotopic (exact) mass is 168 g/mol. The van der Waals surface area contributed by atoms with E-state index in [-0.39, 0.29) is 5.06 Å². The Balaban J connectivity index is 3.17. The van der Waals surface area contributed by atoms with Crippen molar-refractivity contribution in [3.63, 3.8) is 0 Å². The van der Waals surface area contributed by atoms with Crippen molar-refractivity contribution >= 4 is 11.3 Å². The summed E-state index contributed by atoms with van der Waals surface area (Å²) >= 11 is 0.302. The molecule has 0 unspecified atom stereocenters. The molecule has 0 atom stereocenters. The quantitative estimate of drug-likeness (QED) is 0.624. The zero-order chi connectivity index (χ0) is 7.72. The van der Waals surface area contributed by atoms with Crippen LogP contribution in [0.2, 0.25) is 0 Å². The minimum atomic E-state index is -1.47. The topological polar surface area (TPSA) is 9.23 Å². The van der Waals surface area contributed by atoms with Crippen molar-refractivity contribution < 1.29 is 17.9 Å². The highest BCUT2D eigenvalue weighted by atomic mass is 32.1. The Morgan fingerprint density at radius 1 is 1.20 bits per heavy atom. The van der Waals surface area contributed by atoms with Crippen LogP contribution in [0.5, 0.6) is 5.06 Å². The van der Waals surface area contributed by atoms with Gasteiger partial charge in [0.2, 0.25) is 21.8 Å². The lowest BCUT2D eigenvalue weighted by Crippen LogP contribution is -1.82. The number of hydrogen-bond donors (Lipinski definition) is 0. The van der Waals surface area contributed by atoms with Gasteiger partial charge in [0.05, 0.1) is 7.11 Å². The van der Waals surface area contributed by atoms with Crippen LogP contribution >= 0.6 is 11.3 Å². The van der Waals surface area contributed by atoms with Gasteiger partial charge in [0.15, 0.2) is 0 Å². The predicted octanol–water partition coefficient (Wildman–Crippen LogP) is 2.17. The third-order valence-electron chi connectivity index (χ3n) is 0.912. The van der Waals surface area contributed by atoms with Gasteiger partial charge in [0.25, 0.3) is 0 Å². The average Bonchev–Trinajstić information content (AvgIpc) is 2.17.